The molecule has 0 aliphatic heterocycles. The molecular weight excluding hydrogens is 420 g/mol. The first kappa shape index (κ1) is 21.8. The molecule has 9 heteroatoms. The summed E-state index contributed by atoms with van der Waals surface area (Å²) in [6.07, 6.45) is 1.52. The Kier molecular flexibility index (Phi) is 6.88. The summed E-state index contributed by atoms with van der Waals surface area (Å²) in [6.45, 7) is 0. The summed E-state index contributed by atoms with van der Waals surface area (Å²) in [5.74, 6) is -0.302. The van der Waals surface area contributed by atoms with E-state index in [0.29, 0.717) is 22.8 Å². The highest BCUT2D eigenvalue weighted by atomic mass is 32.1. The van der Waals surface area contributed by atoms with Crippen LogP contribution in [0.15, 0.2) is 53.6 Å². The number of benzene rings is 2. The third-order valence-electron chi connectivity index (χ3n) is 4.31. The van der Waals surface area contributed by atoms with Crippen LogP contribution in [-0.4, -0.2) is 44.5 Å². The third kappa shape index (κ3) is 5.01. The van der Waals surface area contributed by atoms with Crippen LogP contribution in [0.25, 0.3) is 10.4 Å². The second-order valence-corrected chi connectivity index (χ2v) is 7.32. The standard InChI is InChI=1S/C22H20N2O6S/c1-28-17-10-15(11-18(29-2)20(17)30-3)21(25)24-23-12-16-7-8-19(31-16)13-5-4-6-14(9-13)22(26)27/h4-12H,1-3H3,(H,24,25)(H,26,27)/b23-12+. The van der Waals surface area contributed by atoms with Crippen molar-refractivity contribution < 1.29 is 28.9 Å². The van der Waals surface area contributed by atoms with E-state index in [1.807, 2.05) is 18.2 Å². The molecule has 3 aromatic rings. The molecule has 0 radical (unpaired) electrons. The minimum absolute atomic E-state index is 0.221. The number of hydrazone groups is 1. The number of nitrogens with one attached hydrogen (secondary N) is 1. The lowest BCUT2D eigenvalue weighted by molar-refractivity contribution is 0.0696. The monoisotopic (exact) mass is 440 g/mol. The molecule has 3 rings (SSSR count). The van der Waals surface area contributed by atoms with Gasteiger partial charge in [-0.15, -0.1) is 11.3 Å². The molecule has 1 aromatic heterocycles. The van der Waals surface area contributed by atoms with Gasteiger partial charge in [0.1, 0.15) is 0 Å². The van der Waals surface area contributed by atoms with Crippen molar-refractivity contribution in [2.24, 2.45) is 5.10 Å². The molecule has 8 nitrogen and oxygen atoms in total. The highest BCUT2D eigenvalue weighted by Crippen LogP contribution is 2.38. The van der Waals surface area contributed by atoms with Crippen molar-refractivity contribution in [2.45, 2.75) is 0 Å². The Morgan fingerprint density at radius 1 is 0.968 bits per heavy atom. The average molecular weight is 440 g/mol. The molecule has 0 saturated carbocycles. The van der Waals surface area contributed by atoms with Crippen LogP contribution < -0.4 is 19.6 Å². The number of amides is 1. The van der Waals surface area contributed by atoms with Crippen LogP contribution >= 0.6 is 11.3 Å². The molecule has 160 valence electrons. The van der Waals surface area contributed by atoms with E-state index in [-0.39, 0.29) is 5.56 Å². The number of carbonyl (C=O) groups is 2. The highest BCUT2D eigenvalue weighted by molar-refractivity contribution is 7.17. The summed E-state index contributed by atoms with van der Waals surface area (Å²) >= 11 is 1.42. The topological polar surface area (TPSA) is 106 Å². The molecule has 0 fully saturated rings. The molecule has 0 bridgehead atoms. The first-order valence-electron chi connectivity index (χ1n) is 9.03. The van der Waals surface area contributed by atoms with Crippen molar-refractivity contribution in [3.63, 3.8) is 0 Å². The van der Waals surface area contributed by atoms with Crippen LogP contribution in [-0.2, 0) is 0 Å². The largest absolute Gasteiger partial charge is 0.493 e. The number of nitrogens with zero attached hydrogens (tertiary/aromatic N) is 1. The summed E-state index contributed by atoms with van der Waals surface area (Å²) in [5, 5.41) is 13.1. The maximum Gasteiger partial charge on any atom is 0.335 e. The van der Waals surface area contributed by atoms with E-state index in [4.69, 9.17) is 19.3 Å². The molecule has 0 atom stereocenters. The van der Waals surface area contributed by atoms with E-state index >= 15 is 0 Å². The van der Waals surface area contributed by atoms with Gasteiger partial charge in [0.15, 0.2) is 11.5 Å². The Hall–Kier alpha value is -3.85. The molecule has 2 N–H and O–H groups in total. The lowest BCUT2D eigenvalue weighted by Crippen LogP contribution is -2.17. The fourth-order valence-electron chi connectivity index (χ4n) is 2.81. The Bertz CT molecular complexity index is 1110. The molecule has 1 amide bonds. The van der Waals surface area contributed by atoms with Gasteiger partial charge in [-0.3, -0.25) is 4.79 Å². The van der Waals surface area contributed by atoms with Crippen molar-refractivity contribution >= 4 is 29.4 Å². The third-order valence-corrected chi connectivity index (χ3v) is 5.37. The number of aromatic carboxylic acids is 1. The van der Waals surface area contributed by atoms with Crippen LogP contribution in [0.5, 0.6) is 17.2 Å². The normalized spacial score (nSPS) is 10.7. The van der Waals surface area contributed by atoms with Gasteiger partial charge in [0.05, 0.1) is 33.1 Å². The first-order chi connectivity index (χ1) is 15.0. The lowest BCUT2D eigenvalue weighted by atomic mass is 10.1. The predicted octanol–water partition coefficient (Wildman–Crippen LogP) is 3.90. The molecule has 2 aromatic carbocycles. The van der Waals surface area contributed by atoms with Crippen molar-refractivity contribution in [1.82, 2.24) is 5.43 Å². The summed E-state index contributed by atoms with van der Waals surface area (Å²) in [5.41, 5.74) is 3.78. The minimum Gasteiger partial charge on any atom is -0.493 e. The first-order valence-corrected chi connectivity index (χ1v) is 9.85. The van der Waals surface area contributed by atoms with Gasteiger partial charge in [0.25, 0.3) is 5.91 Å². The molecule has 0 aliphatic rings. The number of carbonyl (C=O) groups excluding carboxylic acids is 1. The van der Waals surface area contributed by atoms with Crippen LogP contribution in [0.2, 0.25) is 0 Å². The summed E-state index contributed by atoms with van der Waals surface area (Å²) < 4.78 is 15.8. The SMILES string of the molecule is COc1cc(C(=O)N/N=C/c2ccc(-c3cccc(C(=O)O)c3)s2)cc(OC)c1OC. The van der Waals surface area contributed by atoms with Gasteiger partial charge in [0.2, 0.25) is 5.75 Å². The van der Waals surface area contributed by atoms with Crippen LogP contribution in [0.1, 0.15) is 25.6 Å². The van der Waals surface area contributed by atoms with Crippen molar-refractivity contribution in [3.05, 3.63) is 64.5 Å². The van der Waals surface area contributed by atoms with Crippen LogP contribution in [0, 0.1) is 0 Å². The van der Waals surface area contributed by atoms with Gasteiger partial charge < -0.3 is 19.3 Å². The zero-order valence-electron chi connectivity index (χ0n) is 17.0. The summed E-state index contributed by atoms with van der Waals surface area (Å²) in [4.78, 5) is 25.3. The van der Waals surface area contributed by atoms with E-state index in [2.05, 4.69) is 10.5 Å². The van der Waals surface area contributed by atoms with Gasteiger partial charge >= 0.3 is 5.97 Å². The number of hydrogen-bond donors (Lipinski definition) is 2. The van der Waals surface area contributed by atoms with Gasteiger partial charge in [-0.1, -0.05) is 12.1 Å². The quantitative estimate of drug-likeness (QED) is 0.406. The van der Waals surface area contributed by atoms with Crippen molar-refractivity contribution in [1.29, 1.82) is 0 Å². The Labute approximate surface area is 182 Å². The maximum atomic E-state index is 12.5. The molecule has 0 saturated heterocycles. The Morgan fingerprint density at radius 2 is 1.68 bits per heavy atom. The van der Waals surface area contributed by atoms with E-state index in [1.165, 1.54) is 51.0 Å². The smallest absolute Gasteiger partial charge is 0.335 e. The van der Waals surface area contributed by atoms with Gasteiger partial charge in [-0.25, -0.2) is 10.2 Å². The fraction of sp³-hybridized carbons (Fsp3) is 0.136. The van der Waals surface area contributed by atoms with E-state index in [0.717, 1.165) is 15.3 Å². The van der Waals surface area contributed by atoms with Gasteiger partial charge in [-0.2, -0.15) is 5.10 Å². The second kappa shape index (κ2) is 9.77. The van der Waals surface area contributed by atoms with E-state index in [9.17, 15) is 9.59 Å². The number of thiophene rings is 1. The van der Waals surface area contributed by atoms with Crippen molar-refractivity contribution in [3.8, 4) is 27.7 Å². The molecule has 1 heterocycles. The van der Waals surface area contributed by atoms with Crippen LogP contribution in [0.3, 0.4) is 0 Å². The zero-order chi connectivity index (χ0) is 22.4. The fourth-order valence-corrected chi connectivity index (χ4v) is 3.69. The minimum atomic E-state index is -0.977. The Morgan fingerprint density at radius 3 is 2.29 bits per heavy atom. The van der Waals surface area contributed by atoms with Crippen molar-refractivity contribution in [2.75, 3.05) is 21.3 Å². The Balaban J connectivity index is 1.72. The van der Waals surface area contributed by atoms with Gasteiger partial charge in [0, 0.05) is 15.3 Å². The molecule has 0 spiro atoms. The molecule has 0 aliphatic carbocycles. The summed E-state index contributed by atoms with van der Waals surface area (Å²) in [6, 6.07) is 13.5. The maximum absolute atomic E-state index is 12.5. The summed E-state index contributed by atoms with van der Waals surface area (Å²) in [7, 11) is 4.42. The predicted molar refractivity (Wildman–Crippen MR) is 118 cm³/mol. The van der Waals surface area contributed by atoms with Crippen LogP contribution in [0.4, 0.5) is 0 Å². The molecular formula is C22H20N2O6S. The number of hydrogen-bond acceptors (Lipinski definition) is 7. The van der Waals surface area contributed by atoms with E-state index < -0.39 is 11.9 Å². The number of carboxylic acids is 1. The molecule has 31 heavy (non-hydrogen) atoms. The number of ether oxygens (including phenoxy) is 3. The number of methoxy groups -OCH3 is 3. The second-order valence-electron chi connectivity index (χ2n) is 6.20. The van der Waals surface area contributed by atoms with Gasteiger partial charge in [-0.05, 0) is 42.0 Å². The number of carboxylic acid groups (broad SMARTS) is 1. The lowest BCUT2D eigenvalue weighted by Gasteiger charge is -2.13. The van der Waals surface area contributed by atoms with E-state index in [1.54, 1.807) is 18.2 Å². The zero-order valence-corrected chi connectivity index (χ0v) is 17.9. The average Bonchev–Trinajstić information content (AvgIpc) is 3.26. The number of rotatable bonds is 8. The molecule has 0 unspecified atom stereocenters. The highest BCUT2D eigenvalue weighted by Gasteiger charge is 2.16.